The van der Waals surface area contributed by atoms with E-state index >= 15 is 0 Å². The van der Waals surface area contributed by atoms with Gasteiger partial charge in [-0.15, -0.1) is 0 Å². The third-order valence-corrected chi connectivity index (χ3v) is 5.15. The zero-order valence-corrected chi connectivity index (χ0v) is 15.2. The number of likely N-dealkylation sites (tertiary alicyclic amines) is 1. The Morgan fingerprint density at radius 2 is 1.46 bits per heavy atom. The Labute approximate surface area is 147 Å². The van der Waals surface area contributed by atoms with Crippen LogP contribution in [0.5, 0.6) is 0 Å². The van der Waals surface area contributed by atoms with Gasteiger partial charge in [0.2, 0.25) is 0 Å². The smallest absolute Gasteiger partial charge is 0.0233 e. The van der Waals surface area contributed by atoms with E-state index in [0.29, 0.717) is 0 Å². The fourth-order valence-corrected chi connectivity index (χ4v) is 3.81. The predicted molar refractivity (Wildman–Crippen MR) is 103 cm³/mol. The normalized spacial score (nSPS) is 16.6. The third kappa shape index (κ3) is 5.21. The molecule has 2 aromatic rings. The van der Waals surface area contributed by atoms with Gasteiger partial charge >= 0.3 is 0 Å². The number of rotatable bonds is 6. The molecule has 1 aliphatic heterocycles. The summed E-state index contributed by atoms with van der Waals surface area (Å²) in [6, 6.07) is 20.2. The summed E-state index contributed by atoms with van der Waals surface area (Å²) < 4.78 is 0. The van der Waals surface area contributed by atoms with Gasteiger partial charge in [0.05, 0.1) is 0 Å². The van der Waals surface area contributed by atoms with Crippen LogP contribution in [-0.4, -0.2) is 18.0 Å². The van der Waals surface area contributed by atoms with Crippen LogP contribution in [0.1, 0.15) is 43.4 Å². The average Bonchev–Trinajstić information content (AvgIpc) is 2.59. The number of piperidine rings is 1. The highest BCUT2D eigenvalue weighted by Gasteiger charge is 2.19. The number of hydrogen-bond acceptors (Lipinski definition) is 1. The molecule has 0 saturated carbocycles. The lowest BCUT2D eigenvalue weighted by molar-refractivity contribution is 0.177. The quantitative estimate of drug-likeness (QED) is 0.694. The zero-order chi connectivity index (χ0) is 16.8. The summed E-state index contributed by atoms with van der Waals surface area (Å²) in [7, 11) is 0. The van der Waals surface area contributed by atoms with Gasteiger partial charge in [-0.3, -0.25) is 4.90 Å². The molecule has 0 aromatic heterocycles. The molecule has 0 aliphatic carbocycles. The van der Waals surface area contributed by atoms with Crippen molar-refractivity contribution in [2.75, 3.05) is 13.1 Å². The SMILES string of the molecule is CC(C)Cc1ccc(CC2CCN(Cc3ccccc3)CC2)cc1. The van der Waals surface area contributed by atoms with E-state index in [-0.39, 0.29) is 0 Å². The summed E-state index contributed by atoms with van der Waals surface area (Å²) in [6.07, 6.45) is 5.11. The molecule has 1 aliphatic rings. The van der Waals surface area contributed by atoms with Gasteiger partial charge in [-0.1, -0.05) is 68.4 Å². The van der Waals surface area contributed by atoms with Crippen molar-refractivity contribution in [3.8, 4) is 0 Å². The molecule has 2 aromatic carbocycles. The molecule has 24 heavy (non-hydrogen) atoms. The van der Waals surface area contributed by atoms with Crippen molar-refractivity contribution in [1.29, 1.82) is 0 Å². The van der Waals surface area contributed by atoms with E-state index in [1.807, 2.05) is 0 Å². The standard InChI is InChI=1S/C23H31N/c1-19(2)16-20-8-10-21(11-9-20)17-22-12-14-24(15-13-22)18-23-6-4-3-5-7-23/h3-11,19,22H,12-18H2,1-2H3. The molecule has 0 amide bonds. The summed E-state index contributed by atoms with van der Waals surface area (Å²) in [6.45, 7) is 8.17. The Bertz CT molecular complexity index is 592. The van der Waals surface area contributed by atoms with Gasteiger partial charge < -0.3 is 0 Å². The third-order valence-electron chi connectivity index (χ3n) is 5.15. The molecule has 1 saturated heterocycles. The maximum atomic E-state index is 2.61. The van der Waals surface area contributed by atoms with Gasteiger partial charge in [0.25, 0.3) is 0 Å². The van der Waals surface area contributed by atoms with Crippen LogP contribution in [-0.2, 0) is 19.4 Å². The van der Waals surface area contributed by atoms with Gasteiger partial charge in [-0.25, -0.2) is 0 Å². The van der Waals surface area contributed by atoms with Crippen molar-refractivity contribution >= 4 is 0 Å². The predicted octanol–water partition coefficient (Wildman–Crippen LogP) is 5.34. The minimum Gasteiger partial charge on any atom is -0.299 e. The first-order valence-corrected chi connectivity index (χ1v) is 9.53. The van der Waals surface area contributed by atoms with E-state index in [4.69, 9.17) is 0 Å². The number of benzene rings is 2. The summed E-state index contributed by atoms with van der Waals surface area (Å²) >= 11 is 0. The molecule has 1 heteroatoms. The van der Waals surface area contributed by atoms with Crippen molar-refractivity contribution < 1.29 is 0 Å². The minimum atomic E-state index is 0.741. The molecular formula is C23H31N. The van der Waals surface area contributed by atoms with Gasteiger partial charge in [0.1, 0.15) is 0 Å². The summed E-state index contributed by atoms with van der Waals surface area (Å²) in [5, 5.41) is 0. The van der Waals surface area contributed by atoms with Crippen LogP contribution in [0, 0.1) is 11.8 Å². The van der Waals surface area contributed by atoms with Crippen LogP contribution in [0.3, 0.4) is 0 Å². The number of nitrogens with zero attached hydrogens (tertiary/aromatic N) is 1. The van der Waals surface area contributed by atoms with E-state index in [1.54, 1.807) is 0 Å². The highest BCUT2D eigenvalue weighted by atomic mass is 15.1. The molecule has 0 radical (unpaired) electrons. The van der Waals surface area contributed by atoms with Gasteiger partial charge in [-0.2, -0.15) is 0 Å². The van der Waals surface area contributed by atoms with Crippen LogP contribution in [0.2, 0.25) is 0 Å². The summed E-state index contributed by atoms with van der Waals surface area (Å²) in [4.78, 5) is 2.61. The van der Waals surface area contributed by atoms with E-state index < -0.39 is 0 Å². The molecule has 0 N–H and O–H groups in total. The van der Waals surface area contributed by atoms with Crippen LogP contribution >= 0.6 is 0 Å². The van der Waals surface area contributed by atoms with Gasteiger partial charge in [0, 0.05) is 6.54 Å². The Balaban J connectivity index is 1.45. The molecule has 0 unspecified atom stereocenters. The molecule has 1 nitrogen and oxygen atoms in total. The van der Waals surface area contributed by atoms with E-state index in [2.05, 4.69) is 73.3 Å². The summed E-state index contributed by atoms with van der Waals surface area (Å²) in [5.74, 6) is 1.60. The monoisotopic (exact) mass is 321 g/mol. The summed E-state index contributed by atoms with van der Waals surface area (Å²) in [5.41, 5.74) is 4.44. The van der Waals surface area contributed by atoms with Crippen molar-refractivity contribution in [1.82, 2.24) is 4.90 Å². The van der Waals surface area contributed by atoms with Crippen LogP contribution in [0.15, 0.2) is 54.6 Å². The molecule has 128 valence electrons. The Hall–Kier alpha value is -1.60. The van der Waals surface area contributed by atoms with Crippen LogP contribution < -0.4 is 0 Å². The van der Waals surface area contributed by atoms with Crippen LogP contribution in [0.25, 0.3) is 0 Å². The molecule has 0 atom stereocenters. The molecule has 0 spiro atoms. The molecule has 1 fully saturated rings. The van der Waals surface area contributed by atoms with Gasteiger partial charge in [-0.05, 0) is 67.3 Å². The zero-order valence-electron chi connectivity index (χ0n) is 15.2. The minimum absolute atomic E-state index is 0.741. The first-order valence-electron chi connectivity index (χ1n) is 9.53. The van der Waals surface area contributed by atoms with Gasteiger partial charge in [0.15, 0.2) is 0 Å². The van der Waals surface area contributed by atoms with E-state index in [1.165, 1.54) is 55.5 Å². The fourth-order valence-electron chi connectivity index (χ4n) is 3.81. The van der Waals surface area contributed by atoms with Crippen molar-refractivity contribution in [2.24, 2.45) is 11.8 Å². The van der Waals surface area contributed by atoms with Crippen molar-refractivity contribution in [2.45, 2.75) is 46.1 Å². The fraction of sp³-hybridized carbons (Fsp3) is 0.478. The lowest BCUT2D eigenvalue weighted by atomic mass is 9.89. The molecular weight excluding hydrogens is 290 g/mol. The topological polar surface area (TPSA) is 3.24 Å². The van der Waals surface area contributed by atoms with Crippen molar-refractivity contribution in [3.05, 3.63) is 71.3 Å². The Morgan fingerprint density at radius 1 is 0.833 bits per heavy atom. The maximum Gasteiger partial charge on any atom is 0.0233 e. The Kier molecular flexibility index (Phi) is 6.09. The molecule has 1 heterocycles. The van der Waals surface area contributed by atoms with E-state index in [0.717, 1.165) is 18.4 Å². The van der Waals surface area contributed by atoms with Crippen molar-refractivity contribution in [3.63, 3.8) is 0 Å². The highest BCUT2D eigenvalue weighted by Crippen LogP contribution is 2.23. The van der Waals surface area contributed by atoms with Crippen LogP contribution in [0.4, 0.5) is 0 Å². The molecule has 0 bridgehead atoms. The maximum absolute atomic E-state index is 2.61. The molecule has 3 rings (SSSR count). The number of hydrogen-bond donors (Lipinski definition) is 0. The second kappa shape index (κ2) is 8.48. The largest absolute Gasteiger partial charge is 0.299 e. The first-order chi connectivity index (χ1) is 11.7. The highest BCUT2D eigenvalue weighted by molar-refractivity contribution is 5.23. The second-order valence-electron chi connectivity index (χ2n) is 7.82. The lowest BCUT2D eigenvalue weighted by Gasteiger charge is -2.32. The first kappa shape index (κ1) is 17.2. The second-order valence-corrected chi connectivity index (χ2v) is 7.82. The van der Waals surface area contributed by atoms with E-state index in [9.17, 15) is 0 Å². The average molecular weight is 322 g/mol. The Morgan fingerprint density at radius 3 is 2.08 bits per heavy atom. The lowest BCUT2D eigenvalue weighted by Crippen LogP contribution is -2.33.